The lowest BCUT2D eigenvalue weighted by Gasteiger charge is -2.23. The molecule has 90 valence electrons. The molecule has 0 spiro atoms. The van der Waals surface area contributed by atoms with Crippen LogP contribution in [0.25, 0.3) is 0 Å². The van der Waals surface area contributed by atoms with Crippen molar-refractivity contribution in [3.05, 3.63) is 0 Å². The molecule has 1 rings (SSSR count). The third-order valence-corrected chi connectivity index (χ3v) is 4.37. The maximum Gasteiger partial charge on any atom is 0.0256 e. The molecule has 1 aliphatic rings. The van der Waals surface area contributed by atoms with E-state index in [0.717, 1.165) is 25.6 Å². The summed E-state index contributed by atoms with van der Waals surface area (Å²) in [6, 6.07) is 0. The molecule has 0 aromatic carbocycles. The van der Waals surface area contributed by atoms with Crippen LogP contribution >= 0.6 is 11.8 Å². The zero-order valence-electron chi connectivity index (χ0n) is 10.4. The van der Waals surface area contributed by atoms with E-state index in [4.69, 9.17) is 0 Å². The Kier molecular flexibility index (Phi) is 6.02. The largest absolute Gasteiger partial charge is 0.315 e. The number of nitrogens with one attached hydrogen (secondary N) is 2. The third kappa shape index (κ3) is 5.79. The highest BCUT2D eigenvalue weighted by molar-refractivity contribution is 8.00. The number of hydrogen-bond donors (Lipinski definition) is 2. The van der Waals surface area contributed by atoms with Crippen LogP contribution in [0.4, 0.5) is 0 Å². The van der Waals surface area contributed by atoms with E-state index in [1.165, 1.54) is 25.1 Å². The summed E-state index contributed by atoms with van der Waals surface area (Å²) in [5.74, 6) is 2.11. The maximum absolute atomic E-state index is 3.56. The number of thioether (sulfide) groups is 1. The SMILES string of the molecule is CC(C)CNCCNCC1(C)CCCS1. The van der Waals surface area contributed by atoms with Crippen LogP contribution in [0, 0.1) is 5.92 Å². The molecule has 1 unspecified atom stereocenters. The molecule has 3 heteroatoms. The van der Waals surface area contributed by atoms with Crippen LogP contribution in [0.5, 0.6) is 0 Å². The highest BCUT2D eigenvalue weighted by Gasteiger charge is 2.28. The fourth-order valence-corrected chi connectivity index (χ4v) is 3.17. The second-order valence-corrected chi connectivity index (χ2v) is 6.86. The molecule has 2 N–H and O–H groups in total. The van der Waals surface area contributed by atoms with E-state index < -0.39 is 0 Å². The monoisotopic (exact) mass is 230 g/mol. The quantitative estimate of drug-likeness (QED) is 0.655. The zero-order valence-corrected chi connectivity index (χ0v) is 11.3. The summed E-state index contributed by atoms with van der Waals surface area (Å²) in [5, 5.41) is 7.01. The normalized spacial score (nSPS) is 26.4. The van der Waals surface area contributed by atoms with E-state index in [9.17, 15) is 0 Å². The van der Waals surface area contributed by atoms with Gasteiger partial charge in [0.2, 0.25) is 0 Å². The molecule has 0 aromatic rings. The summed E-state index contributed by atoms with van der Waals surface area (Å²) in [4.78, 5) is 0. The van der Waals surface area contributed by atoms with E-state index in [2.05, 4.69) is 43.2 Å². The first-order valence-electron chi connectivity index (χ1n) is 6.18. The number of hydrogen-bond acceptors (Lipinski definition) is 3. The summed E-state index contributed by atoms with van der Waals surface area (Å²) in [6.07, 6.45) is 2.78. The van der Waals surface area contributed by atoms with Gasteiger partial charge in [0.15, 0.2) is 0 Å². The topological polar surface area (TPSA) is 24.1 Å². The van der Waals surface area contributed by atoms with Gasteiger partial charge in [0.05, 0.1) is 0 Å². The average Bonchev–Trinajstić information content (AvgIpc) is 2.58. The Labute approximate surface area is 99.0 Å². The van der Waals surface area contributed by atoms with Gasteiger partial charge in [-0.25, -0.2) is 0 Å². The van der Waals surface area contributed by atoms with Gasteiger partial charge >= 0.3 is 0 Å². The van der Waals surface area contributed by atoms with Crippen molar-refractivity contribution < 1.29 is 0 Å². The van der Waals surface area contributed by atoms with Gasteiger partial charge in [-0.15, -0.1) is 0 Å². The van der Waals surface area contributed by atoms with Gasteiger partial charge in [0.1, 0.15) is 0 Å². The molecule has 0 aromatic heterocycles. The summed E-state index contributed by atoms with van der Waals surface area (Å²) in [6.45, 7) is 11.4. The average molecular weight is 230 g/mol. The van der Waals surface area contributed by atoms with Gasteiger partial charge in [-0.1, -0.05) is 13.8 Å². The van der Waals surface area contributed by atoms with Crippen molar-refractivity contribution in [2.24, 2.45) is 5.92 Å². The van der Waals surface area contributed by atoms with Crippen molar-refractivity contribution in [2.75, 3.05) is 31.9 Å². The fraction of sp³-hybridized carbons (Fsp3) is 1.00. The molecule has 1 aliphatic heterocycles. The Bertz CT molecular complexity index is 165. The molecule has 1 saturated heterocycles. The standard InChI is InChI=1S/C12H26N2S/c1-11(2)9-13-6-7-14-10-12(3)5-4-8-15-12/h11,13-14H,4-10H2,1-3H3. The lowest BCUT2D eigenvalue weighted by Crippen LogP contribution is -2.37. The van der Waals surface area contributed by atoms with Crippen molar-refractivity contribution in [3.63, 3.8) is 0 Å². The minimum Gasteiger partial charge on any atom is -0.315 e. The zero-order chi connectivity index (χ0) is 11.1. The van der Waals surface area contributed by atoms with Gasteiger partial charge in [-0.05, 0) is 38.0 Å². The highest BCUT2D eigenvalue weighted by atomic mass is 32.2. The fourth-order valence-electron chi connectivity index (χ4n) is 1.90. The molecular weight excluding hydrogens is 204 g/mol. The molecule has 2 nitrogen and oxygen atoms in total. The second-order valence-electron chi connectivity index (χ2n) is 5.18. The van der Waals surface area contributed by atoms with E-state index >= 15 is 0 Å². The molecule has 0 aliphatic carbocycles. The first-order chi connectivity index (χ1) is 7.12. The van der Waals surface area contributed by atoms with Gasteiger partial charge < -0.3 is 10.6 Å². The Morgan fingerprint density at radius 1 is 1.27 bits per heavy atom. The van der Waals surface area contributed by atoms with Crippen molar-refractivity contribution in [3.8, 4) is 0 Å². The van der Waals surface area contributed by atoms with E-state index in [1.807, 2.05) is 0 Å². The molecule has 1 heterocycles. The molecule has 0 saturated carbocycles. The maximum atomic E-state index is 3.56. The summed E-state index contributed by atoms with van der Waals surface area (Å²) in [7, 11) is 0. The molecule has 15 heavy (non-hydrogen) atoms. The predicted molar refractivity (Wildman–Crippen MR) is 70.7 cm³/mol. The lowest BCUT2D eigenvalue weighted by atomic mass is 10.1. The third-order valence-electron chi connectivity index (χ3n) is 2.83. The van der Waals surface area contributed by atoms with Crippen LogP contribution in [-0.4, -0.2) is 36.7 Å². The summed E-state index contributed by atoms with van der Waals surface area (Å²) < 4.78 is 0.512. The van der Waals surface area contributed by atoms with Crippen molar-refractivity contribution in [2.45, 2.75) is 38.4 Å². The van der Waals surface area contributed by atoms with Gasteiger partial charge in [-0.2, -0.15) is 11.8 Å². The highest BCUT2D eigenvalue weighted by Crippen LogP contribution is 2.36. The van der Waals surface area contributed by atoms with Crippen molar-refractivity contribution in [1.29, 1.82) is 0 Å². The Hall–Kier alpha value is 0.270. The van der Waals surface area contributed by atoms with Gasteiger partial charge in [0, 0.05) is 24.4 Å². The Morgan fingerprint density at radius 2 is 2.00 bits per heavy atom. The summed E-state index contributed by atoms with van der Waals surface area (Å²) >= 11 is 2.13. The first kappa shape index (κ1) is 13.3. The smallest absolute Gasteiger partial charge is 0.0256 e. The summed E-state index contributed by atoms with van der Waals surface area (Å²) in [5.41, 5.74) is 0. The molecular formula is C12H26N2S. The minimum absolute atomic E-state index is 0.512. The minimum atomic E-state index is 0.512. The van der Waals surface area contributed by atoms with Crippen LogP contribution in [0.2, 0.25) is 0 Å². The first-order valence-corrected chi connectivity index (χ1v) is 7.16. The van der Waals surface area contributed by atoms with Crippen molar-refractivity contribution in [1.82, 2.24) is 10.6 Å². The van der Waals surface area contributed by atoms with Gasteiger partial charge in [0.25, 0.3) is 0 Å². The van der Waals surface area contributed by atoms with E-state index in [1.54, 1.807) is 0 Å². The predicted octanol–water partition coefficient (Wildman–Crippen LogP) is 2.11. The molecule has 1 fully saturated rings. The van der Waals surface area contributed by atoms with E-state index in [-0.39, 0.29) is 0 Å². The Balaban J connectivity index is 1.92. The number of rotatable bonds is 7. The van der Waals surface area contributed by atoms with Crippen LogP contribution in [0.15, 0.2) is 0 Å². The van der Waals surface area contributed by atoms with E-state index in [0.29, 0.717) is 4.75 Å². The Morgan fingerprint density at radius 3 is 2.60 bits per heavy atom. The van der Waals surface area contributed by atoms with Crippen molar-refractivity contribution >= 4 is 11.8 Å². The lowest BCUT2D eigenvalue weighted by molar-refractivity contribution is 0.505. The van der Waals surface area contributed by atoms with Crippen LogP contribution < -0.4 is 10.6 Å². The molecule has 0 radical (unpaired) electrons. The molecule has 0 amide bonds. The van der Waals surface area contributed by atoms with Crippen LogP contribution in [-0.2, 0) is 0 Å². The molecule has 1 atom stereocenters. The van der Waals surface area contributed by atoms with Crippen LogP contribution in [0.3, 0.4) is 0 Å². The van der Waals surface area contributed by atoms with Gasteiger partial charge in [-0.3, -0.25) is 0 Å². The second kappa shape index (κ2) is 6.77. The molecule has 0 bridgehead atoms. The van der Waals surface area contributed by atoms with Crippen LogP contribution in [0.1, 0.15) is 33.6 Å².